The number of ether oxygens (including phenoxy) is 1. The molecule has 0 aliphatic carbocycles. The molecule has 0 aliphatic rings. The van der Waals surface area contributed by atoms with E-state index in [2.05, 4.69) is 38.3 Å². The monoisotopic (exact) mass is 277 g/mol. The maximum Gasteiger partial charge on any atom is 0.133 e. The van der Waals surface area contributed by atoms with E-state index in [4.69, 9.17) is 10.00 Å². The lowest BCUT2D eigenvalue weighted by Gasteiger charge is -2.20. The number of hydrogen-bond donors (Lipinski definition) is 0. The Kier molecular flexibility index (Phi) is 6.80. The van der Waals surface area contributed by atoms with Crippen LogP contribution in [0.3, 0.4) is 0 Å². The number of benzene rings is 1. The number of nitriles is 1. The Balaban J connectivity index is 2.92. The van der Waals surface area contributed by atoms with Crippen LogP contribution in [0.2, 0.25) is 0 Å². The first-order valence-corrected chi connectivity index (χ1v) is 7.87. The number of hydrogen-bond acceptors (Lipinski definition) is 3. The Bertz CT molecular complexity index is 451. The van der Waals surface area contributed by atoms with Crippen molar-refractivity contribution < 1.29 is 4.74 Å². The van der Waals surface area contributed by atoms with Gasteiger partial charge in [-0.1, -0.05) is 13.0 Å². The molecule has 0 saturated carbocycles. The fraction of sp³-hybridized carbons (Fsp3) is 0.562. The topological polar surface area (TPSA) is 33.0 Å². The molecule has 0 saturated heterocycles. The quantitative estimate of drug-likeness (QED) is 0.530. The molecule has 0 fully saturated rings. The van der Waals surface area contributed by atoms with E-state index in [-0.39, 0.29) is 0 Å². The van der Waals surface area contributed by atoms with E-state index in [0.29, 0.717) is 12.5 Å². The molecule has 2 nitrogen and oxygen atoms in total. The predicted octanol–water partition coefficient (Wildman–Crippen LogP) is 4.80. The average Bonchev–Trinajstić information content (AvgIpc) is 2.42. The predicted molar refractivity (Wildman–Crippen MR) is 82.8 cm³/mol. The second-order valence-electron chi connectivity index (χ2n) is 4.67. The number of thioether (sulfide) groups is 1. The SMILES string of the molecule is CCOc1ccc(C(CC)CCSC#N)c(C)c1C. The first-order valence-electron chi connectivity index (χ1n) is 6.89. The molecule has 104 valence electrons. The van der Waals surface area contributed by atoms with Crippen molar-refractivity contribution >= 4 is 11.8 Å². The molecule has 0 aliphatic heterocycles. The first kappa shape index (κ1) is 15.9. The van der Waals surface area contributed by atoms with Crippen LogP contribution in [0.4, 0.5) is 0 Å². The van der Waals surface area contributed by atoms with Crippen molar-refractivity contribution in [1.29, 1.82) is 5.26 Å². The van der Waals surface area contributed by atoms with E-state index in [0.717, 1.165) is 24.3 Å². The van der Waals surface area contributed by atoms with E-state index in [1.807, 2.05) is 6.92 Å². The molecule has 1 aromatic carbocycles. The minimum Gasteiger partial charge on any atom is -0.494 e. The largest absolute Gasteiger partial charge is 0.494 e. The molecule has 1 aromatic rings. The summed E-state index contributed by atoms with van der Waals surface area (Å²) in [4.78, 5) is 0. The third-order valence-corrected chi connectivity index (χ3v) is 4.21. The molecular formula is C16H23NOS. The number of nitrogens with zero attached hydrogens (tertiary/aromatic N) is 1. The Labute approximate surface area is 121 Å². The zero-order chi connectivity index (χ0) is 14.3. The van der Waals surface area contributed by atoms with Gasteiger partial charge in [0, 0.05) is 5.75 Å². The van der Waals surface area contributed by atoms with Gasteiger partial charge < -0.3 is 4.74 Å². The van der Waals surface area contributed by atoms with Crippen molar-refractivity contribution in [3.63, 3.8) is 0 Å². The average molecular weight is 277 g/mol. The lowest BCUT2D eigenvalue weighted by atomic mass is 9.88. The highest BCUT2D eigenvalue weighted by atomic mass is 32.2. The van der Waals surface area contributed by atoms with Gasteiger partial charge in [0.05, 0.1) is 6.61 Å². The second kappa shape index (κ2) is 8.12. The summed E-state index contributed by atoms with van der Waals surface area (Å²) >= 11 is 1.35. The molecule has 0 N–H and O–H groups in total. The van der Waals surface area contributed by atoms with Gasteiger partial charge in [-0.25, -0.2) is 0 Å². The lowest BCUT2D eigenvalue weighted by molar-refractivity contribution is 0.337. The number of thiocyanates is 1. The van der Waals surface area contributed by atoms with E-state index < -0.39 is 0 Å². The molecule has 0 spiro atoms. The van der Waals surface area contributed by atoms with Crippen molar-refractivity contribution in [3.8, 4) is 11.2 Å². The summed E-state index contributed by atoms with van der Waals surface area (Å²) in [6.07, 6.45) is 2.17. The third kappa shape index (κ3) is 4.18. The van der Waals surface area contributed by atoms with E-state index in [1.165, 1.54) is 28.5 Å². The van der Waals surface area contributed by atoms with Gasteiger partial charge >= 0.3 is 0 Å². The van der Waals surface area contributed by atoms with Gasteiger partial charge in [-0.05, 0) is 74.0 Å². The highest BCUT2D eigenvalue weighted by molar-refractivity contribution is 8.03. The molecule has 0 amide bonds. The molecule has 1 unspecified atom stereocenters. The van der Waals surface area contributed by atoms with Crippen LogP contribution in [0.25, 0.3) is 0 Å². The van der Waals surface area contributed by atoms with Crippen LogP contribution in [-0.4, -0.2) is 12.4 Å². The van der Waals surface area contributed by atoms with Gasteiger partial charge in [-0.2, -0.15) is 5.26 Å². The van der Waals surface area contributed by atoms with Crippen molar-refractivity contribution in [1.82, 2.24) is 0 Å². The van der Waals surface area contributed by atoms with Crippen molar-refractivity contribution in [3.05, 3.63) is 28.8 Å². The van der Waals surface area contributed by atoms with Crippen LogP contribution >= 0.6 is 11.8 Å². The normalized spacial score (nSPS) is 11.9. The Morgan fingerprint density at radius 2 is 2.00 bits per heavy atom. The molecular weight excluding hydrogens is 254 g/mol. The summed E-state index contributed by atoms with van der Waals surface area (Å²) in [5.41, 5.74) is 3.98. The molecule has 19 heavy (non-hydrogen) atoms. The van der Waals surface area contributed by atoms with Crippen molar-refractivity contribution in [2.75, 3.05) is 12.4 Å². The molecule has 1 rings (SSSR count). The van der Waals surface area contributed by atoms with Gasteiger partial charge in [0.25, 0.3) is 0 Å². The molecule has 0 heterocycles. The highest BCUT2D eigenvalue weighted by Crippen LogP contribution is 2.32. The van der Waals surface area contributed by atoms with E-state index in [1.54, 1.807) is 0 Å². The smallest absolute Gasteiger partial charge is 0.133 e. The Morgan fingerprint density at radius 3 is 2.58 bits per heavy atom. The minimum absolute atomic E-state index is 0.537. The van der Waals surface area contributed by atoms with Gasteiger partial charge in [0.15, 0.2) is 0 Å². The fourth-order valence-electron chi connectivity index (χ4n) is 2.40. The van der Waals surface area contributed by atoms with Gasteiger partial charge in [0.1, 0.15) is 11.2 Å². The summed E-state index contributed by atoms with van der Waals surface area (Å²) < 4.78 is 5.64. The number of rotatable bonds is 7. The van der Waals surface area contributed by atoms with E-state index >= 15 is 0 Å². The van der Waals surface area contributed by atoms with Crippen LogP contribution in [0.1, 0.15) is 49.3 Å². The van der Waals surface area contributed by atoms with Crippen molar-refractivity contribution in [2.45, 2.75) is 46.5 Å². The zero-order valence-electron chi connectivity index (χ0n) is 12.3. The van der Waals surface area contributed by atoms with Crippen LogP contribution in [0.15, 0.2) is 12.1 Å². The summed E-state index contributed by atoms with van der Waals surface area (Å²) in [6.45, 7) is 9.23. The fourth-order valence-corrected chi connectivity index (χ4v) is 2.89. The van der Waals surface area contributed by atoms with Crippen LogP contribution < -0.4 is 4.74 Å². The Hall–Kier alpha value is -1.14. The van der Waals surface area contributed by atoms with Crippen LogP contribution in [0.5, 0.6) is 5.75 Å². The molecule has 0 aromatic heterocycles. The van der Waals surface area contributed by atoms with Gasteiger partial charge in [0.2, 0.25) is 0 Å². The second-order valence-corrected chi connectivity index (χ2v) is 5.55. The lowest BCUT2D eigenvalue weighted by Crippen LogP contribution is -2.04. The summed E-state index contributed by atoms with van der Waals surface area (Å²) in [6, 6.07) is 4.28. The van der Waals surface area contributed by atoms with Crippen LogP contribution in [-0.2, 0) is 0 Å². The minimum atomic E-state index is 0.537. The molecule has 0 radical (unpaired) electrons. The molecule has 0 bridgehead atoms. The van der Waals surface area contributed by atoms with Gasteiger partial charge in [-0.3, -0.25) is 0 Å². The van der Waals surface area contributed by atoms with Crippen LogP contribution in [0, 0.1) is 24.5 Å². The maximum atomic E-state index is 8.61. The Morgan fingerprint density at radius 1 is 1.26 bits per heavy atom. The summed E-state index contributed by atoms with van der Waals surface area (Å²) in [5.74, 6) is 2.43. The zero-order valence-corrected chi connectivity index (χ0v) is 13.1. The van der Waals surface area contributed by atoms with Gasteiger partial charge in [-0.15, -0.1) is 0 Å². The molecule has 3 heteroatoms. The first-order chi connectivity index (χ1) is 9.15. The van der Waals surface area contributed by atoms with E-state index in [9.17, 15) is 0 Å². The highest BCUT2D eigenvalue weighted by Gasteiger charge is 2.15. The third-order valence-electron chi connectivity index (χ3n) is 3.64. The standard InChI is InChI=1S/C16H23NOS/c1-5-14(9-10-19-11-17)15-7-8-16(18-6-2)13(4)12(15)3/h7-8,14H,5-6,9-10H2,1-4H3. The maximum absolute atomic E-state index is 8.61. The molecule has 1 atom stereocenters. The summed E-state index contributed by atoms with van der Waals surface area (Å²) in [5, 5.41) is 10.8. The van der Waals surface area contributed by atoms with Crippen molar-refractivity contribution in [2.24, 2.45) is 0 Å². The summed E-state index contributed by atoms with van der Waals surface area (Å²) in [7, 11) is 0.